The summed E-state index contributed by atoms with van der Waals surface area (Å²) in [5, 5.41) is 11.4. The van der Waals surface area contributed by atoms with Gasteiger partial charge in [0, 0.05) is 12.3 Å². The molecule has 0 saturated carbocycles. The highest BCUT2D eigenvalue weighted by molar-refractivity contribution is 7.59. The first-order valence-electron chi connectivity index (χ1n) is 8.60. The zero-order chi connectivity index (χ0) is 19.4. The summed E-state index contributed by atoms with van der Waals surface area (Å²) in [6.45, 7) is 0.0853. The Morgan fingerprint density at radius 1 is 1.04 bits per heavy atom. The normalized spacial score (nSPS) is 12.9. The number of amides is 2. The van der Waals surface area contributed by atoms with Crippen molar-refractivity contribution in [3.8, 4) is 11.1 Å². The van der Waals surface area contributed by atoms with Crippen LogP contribution < -0.4 is 11.1 Å². The molecule has 0 aromatic heterocycles. The second kappa shape index (κ2) is 9.27. The van der Waals surface area contributed by atoms with Gasteiger partial charge in [-0.1, -0.05) is 48.5 Å². The van der Waals surface area contributed by atoms with E-state index in [1.165, 1.54) is 0 Å². The number of nitrogens with one attached hydrogen (secondary N) is 1. The Labute approximate surface area is 169 Å². The number of fused-ring (bicyclic) bond motifs is 3. The number of aliphatic carboxylic acids is 1. The van der Waals surface area contributed by atoms with Crippen molar-refractivity contribution in [2.24, 2.45) is 5.73 Å². The van der Waals surface area contributed by atoms with Gasteiger partial charge in [0.05, 0.1) is 0 Å². The Morgan fingerprint density at radius 2 is 1.57 bits per heavy atom. The van der Waals surface area contributed by atoms with Crippen LogP contribution in [0.3, 0.4) is 0 Å². The molecule has 0 aliphatic heterocycles. The minimum absolute atomic E-state index is 0. The number of primary amides is 1. The minimum Gasteiger partial charge on any atom is -0.480 e. The Bertz CT molecular complexity index is 841. The van der Waals surface area contributed by atoms with Gasteiger partial charge in [-0.3, -0.25) is 4.79 Å². The molecule has 0 spiro atoms. The summed E-state index contributed by atoms with van der Waals surface area (Å²) in [6.07, 6.45) is -1.07. The Kier molecular flexibility index (Phi) is 7.06. The summed E-state index contributed by atoms with van der Waals surface area (Å²) in [7, 11) is 0. The van der Waals surface area contributed by atoms with E-state index < -0.39 is 24.0 Å². The molecule has 1 aliphatic rings. The molecular weight excluding hydrogens is 380 g/mol. The van der Waals surface area contributed by atoms with Gasteiger partial charge in [0.25, 0.3) is 0 Å². The Morgan fingerprint density at radius 3 is 2.07 bits per heavy atom. The number of benzene rings is 2. The van der Waals surface area contributed by atoms with Crippen LogP contribution in [0.15, 0.2) is 48.5 Å². The third-order valence-corrected chi connectivity index (χ3v) is 4.61. The fourth-order valence-corrected chi connectivity index (χ4v) is 3.33. The molecule has 2 aromatic rings. The molecule has 1 atom stereocenters. The number of hydrogen-bond acceptors (Lipinski definition) is 4. The highest BCUT2D eigenvalue weighted by Gasteiger charge is 2.29. The Hall–Kier alpha value is -3.00. The lowest BCUT2D eigenvalue weighted by molar-refractivity contribution is -0.139. The molecule has 0 saturated heterocycles. The molecule has 0 unspecified atom stereocenters. The average molecular weight is 402 g/mol. The van der Waals surface area contributed by atoms with Crippen LogP contribution >= 0.6 is 13.5 Å². The highest BCUT2D eigenvalue weighted by atomic mass is 32.1. The maximum Gasteiger partial charge on any atom is 0.407 e. The Balaban J connectivity index is 0.00000280. The largest absolute Gasteiger partial charge is 0.480 e. The lowest BCUT2D eigenvalue weighted by atomic mass is 9.98. The van der Waals surface area contributed by atoms with Crippen molar-refractivity contribution in [2.45, 2.75) is 24.8 Å². The molecule has 2 aromatic carbocycles. The van der Waals surface area contributed by atoms with E-state index in [0.29, 0.717) is 0 Å². The minimum atomic E-state index is -1.25. The van der Waals surface area contributed by atoms with Crippen molar-refractivity contribution in [3.63, 3.8) is 0 Å². The summed E-state index contributed by atoms with van der Waals surface area (Å²) >= 11 is 0. The van der Waals surface area contributed by atoms with Crippen molar-refractivity contribution in [1.82, 2.24) is 5.32 Å². The van der Waals surface area contributed by atoms with Gasteiger partial charge in [0.15, 0.2) is 0 Å². The van der Waals surface area contributed by atoms with Gasteiger partial charge in [-0.05, 0) is 28.7 Å². The standard InChI is InChI=1S/C20H20N2O5.H2S/c21-18(23)10-9-17(19(24)25)22-20(26)27-11-16-14-7-3-1-5-12(14)13-6-2-4-8-15(13)16;/h1-8,16-17H,9-11H2,(H2,21,23)(H,22,26)(H,24,25);1H2/t17-;/m0./s1. The number of carbonyl (C=O) groups is 3. The van der Waals surface area contributed by atoms with Crippen molar-refractivity contribution >= 4 is 31.5 Å². The van der Waals surface area contributed by atoms with Gasteiger partial charge in [-0.15, -0.1) is 0 Å². The third-order valence-electron chi connectivity index (χ3n) is 4.61. The molecule has 0 fully saturated rings. The number of carbonyl (C=O) groups excluding carboxylic acids is 2. The van der Waals surface area contributed by atoms with E-state index in [1.807, 2.05) is 48.5 Å². The molecule has 2 amide bonds. The van der Waals surface area contributed by atoms with E-state index in [4.69, 9.17) is 15.6 Å². The first-order valence-corrected chi connectivity index (χ1v) is 8.60. The van der Waals surface area contributed by atoms with E-state index in [1.54, 1.807) is 0 Å². The number of ether oxygens (including phenoxy) is 1. The van der Waals surface area contributed by atoms with Crippen molar-refractivity contribution in [1.29, 1.82) is 0 Å². The van der Waals surface area contributed by atoms with E-state index in [9.17, 15) is 14.4 Å². The molecule has 28 heavy (non-hydrogen) atoms. The van der Waals surface area contributed by atoms with E-state index in [0.717, 1.165) is 22.3 Å². The fourth-order valence-electron chi connectivity index (χ4n) is 3.33. The summed E-state index contributed by atoms with van der Waals surface area (Å²) in [5.74, 6) is -1.99. The highest BCUT2D eigenvalue weighted by Crippen LogP contribution is 2.44. The molecule has 7 nitrogen and oxygen atoms in total. The molecular formula is C20H22N2O5S. The molecule has 3 rings (SSSR count). The van der Waals surface area contributed by atoms with Crippen LogP contribution in [0.4, 0.5) is 4.79 Å². The maximum atomic E-state index is 12.1. The molecule has 8 heteroatoms. The number of nitrogens with two attached hydrogens (primary N) is 1. The summed E-state index contributed by atoms with van der Waals surface area (Å²) in [6, 6.07) is 14.6. The summed E-state index contributed by atoms with van der Waals surface area (Å²) < 4.78 is 5.30. The topological polar surface area (TPSA) is 119 Å². The maximum absolute atomic E-state index is 12.1. The van der Waals surface area contributed by atoms with Crippen LogP contribution in [0.1, 0.15) is 29.9 Å². The van der Waals surface area contributed by atoms with E-state index >= 15 is 0 Å². The van der Waals surface area contributed by atoms with Crippen LogP contribution in [0, 0.1) is 0 Å². The SMILES string of the molecule is NC(=O)CC[C@H](NC(=O)OCC1c2ccccc2-c2ccccc21)C(=O)O.S. The quantitative estimate of drug-likeness (QED) is 0.657. The zero-order valence-electron chi connectivity index (χ0n) is 15.1. The second-order valence-corrected chi connectivity index (χ2v) is 6.37. The molecule has 0 heterocycles. The van der Waals surface area contributed by atoms with Gasteiger partial charge in [-0.2, -0.15) is 13.5 Å². The fraction of sp³-hybridized carbons (Fsp3) is 0.250. The average Bonchev–Trinajstić information content (AvgIpc) is 2.97. The van der Waals surface area contributed by atoms with Gasteiger partial charge in [0.1, 0.15) is 12.6 Å². The smallest absolute Gasteiger partial charge is 0.407 e. The zero-order valence-corrected chi connectivity index (χ0v) is 16.1. The van der Waals surface area contributed by atoms with Crippen LogP contribution in [0.25, 0.3) is 11.1 Å². The number of alkyl carbamates (subject to hydrolysis) is 1. The lowest BCUT2D eigenvalue weighted by Gasteiger charge is -2.17. The summed E-state index contributed by atoms with van der Waals surface area (Å²) in [4.78, 5) is 34.1. The molecule has 4 N–H and O–H groups in total. The van der Waals surface area contributed by atoms with Crippen LogP contribution in [-0.2, 0) is 14.3 Å². The second-order valence-electron chi connectivity index (χ2n) is 6.37. The third kappa shape index (κ3) is 4.64. The van der Waals surface area contributed by atoms with Gasteiger partial charge >= 0.3 is 12.1 Å². The monoisotopic (exact) mass is 402 g/mol. The molecule has 0 radical (unpaired) electrons. The first-order chi connectivity index (χ1) is 13.0. The molecule has 148 valence electrons. The van der Waals surface area contributed by atoms with Crippen LogP contribution in [0.5, 0.6) is 0 Å². The predicted octanol–water partition coefficient (Wildman–Crippen LogP) is 2.36. The van der Waals surface area contributed by atoms with Gasteiger partial charge < -0.3 is 20.9 Å². The number of rotatable bonds is 7. The van der Waals surface area contributed by atoms with Gasteiger partial charge in [-0.25, -0.2) is 9.59 Å². The van der Waals surface area contributed by atoms with Crippen LogP contribution in [0.2, 0.25) is 0 Å². The summed E-state index contributed by atoms with van der Waals surface area (Å²) in [5.41, 5.74) is 9.36. The number of carboxylic acids is 1. The first kappa shape index (κ1) is 21.3. The van der Waals surface area contributed by atoms with E-state index in [2.05, 4.69) is 5.32 Å². The predicted molar refractivity (Wildman–Crippen MR) is 108 cm³/mol. The van der Waals surface area contributed by atoms with Crippen molar-refractivity contribution < 1.29 is 24.2 Å². The van der Waals surface area contributed by atoms with Crippen molar-refractivity contribution in [2.75, 3.05) is 6.61 Å². The number of hydrogen-bond donors (Lipinski definition) is 3. The molecule has 0 bridgehead atoms. The molecule has 1 aliphatic carbocycles. The van der Waals surface area contributed by atoms with Gasteiger partial charge in [0.2, 0.25) is 5.91 Å². The van der Waals surface area contributed by atoms with Crippen LogP contribution in [-0.4, -0.2) is 35.7 Å². The van der Waals surface area contributed by atoms with Crippen molar-refractivity contribution in [3.05, 3.63) is 59.7 Å². The lowest BCUT2D eigenvalue weighted by Crippen LogP contribution is -2.42. The van der Waals surface area contributed by atoms with E-state index in [-0.39, 0.29) is 38.9 Å². The number of carboxylic acid groups (broad SMARTS) is 1.